The minimum Gasteiger partial charge on any atom is -0.481 e. The van der Waals surface area contributed by atoms with Crippen LogP contribution in [0.3, 0.4) is 0 Å². The van der Waals surface area contributed by atoms with Gasteiger partial charge in [0.2, 0.25) is 0 Å². The summed E-state index contributed by atoms with van der Waals surface area (Å²) >= 11 is 3.29. The summed E-state index contributed by atoms with van der Waals surface area (Å²) in [6.45, 7) is 0. The van der Waals surface area contributed by atoms with Crippen molar-refractivity contribution in [2.24, 2.45) is 5.92 Å². The van der Waals surface area contributed by atoms with E-state index in [-0.39, 0.29) is 17.4 Å². The Balaban J connectivity index is 2.30. The third-order valence-electron chi connectivity index (χ3n) is 3.23. The molecule has 0 radical (unpaired) electrons. The van der Waals surface area contributed by atoms with Crippen LogP contribution in [0.2, 0.25) is 0 Å². The predicted molar refractivity (Wildman–Crippen MR) is 71.3 cm³/mol. The molecule has 6 heteroatoms. The number of carboxylic acids is 1. The van der Waals surface area contributed by atoms with Crippen LogP contribution in [-0.4, -0.2) is 31.0 Å². The smallest absolute Gasteiger partial charge is 0.311 e. The van der Waals surface area contributed by atoms with Crippen LogP contribution in [0.15, 0.2) is 28.7 Å². The zero-order valence-corrected chi connectivity index (χ0v) is 11.9. The Labute approximate surface area is 114 Å². The maximum absolute atomic E-state index is 11.5. The molecule has 4 nitrogen and oxygen atoms in total. The summed E-state index contributed by atoms with van der Waals surface area (Å²) < 4.78 is 23.8. The molecule has 0 spiro atoms. The topological polar surface area (TPSA) is 71.4 Å². The number of aliphatic carboxylic acids is 1. The molecule has 0 saturated carbocycles. The monoisotopic (exact) mass is 332 g/mol. The minimum absolute atomic E-state index is 0.0277. The second kappa shape index (κ2) is 5.01. The molecule has 1 saturated heterocycles. The summed E-state index contributed by atoms with van der Waals surface area (Å²) in [5.41, 5.74) is 0.660. The SMILES string of the molecule is O=C(O)C(c1ccc(Br)cc1)C1CCS(=O)(=O)C1. The van der Waals surface area contributed by atoms with Crippen molar-refractivity contribution in [3.8, 4) is 0 Å². The van der Waals surface area contributed by atoms with Crippen molar-refractivity contribution in [1.82, 2.24) is 0 Å². The van der Waals surface area contributed by atoms with Crippen LogP contribution in [0.4, 0.5) is 0 Å². The lowest BCUT2D eigenvalue weighted by molar-refractivity contribution is -0.140. The van der Waals surface area contributed by atoms with E-state index in [9.17, 15) is 18.3 Å². The number of carbonyl (C=O) groups is 1. The average molecular weight is 333 g/mol. The molecule has 1 aliphatic heterocycles. The maximum atomic E-state index is 11.5. The van der Waals surface area contributed by atoms with E-state index in [4.69, 9.17) is 0 Å². The fourth-order valence-electron chi connectivity index (χ4n) is 2.37. The van der Waals surface area contributed by atoms with Gasteiger partial charge in [0, 0.05) is 4.47 Å². The number of benzene rings is 1. The van der Waals surface area contributed by atoms with Gasteiger partial charge in [-0.1, -0.05) is 28.1 Å². The van der Waals surface area contributed by atoms with Gasteiger partial charge in [-0.25, -0.2) is 8.42 Å². The molecule has 1 aromatic carbocycles. The zero-order chi connectivity index (χ0) is 13.3. The van der Waals surface area contributed by atoms with Crippen molar-refractivity contribution < 1.29 is 18.3 Å². The van der Waals surface area contributed by atoms with Gasteiger partial charge in [0.25, 0.3) is 0 Å². The highest BCUT2D eigenvalue weighted by atomic mass is 79.9. The van der Waals surface area contributed by atoms with Gasteiger partial charge in [0.15, 0.2) is 9.84 Å². The molecule has 1 aromatic rings. The Bertz CT molecular complexity index is 550. The van der Waals surface area contributed by atoms with Gasteiger partial charge < -0.3 is 5.11 Å². The van der Waals surface area contributed by atoms with Crippen molar-refractivity contribution in [1.29, 1.82) is 0 Å². The zero-order valence-electron chi connectivity index (χ0n) is 9.54. The van der Waals surface area contributed by atoms with Gasteiger partial charge in [-0.3, -0.25) is 4.79 Å². The molecule has 0 bridgehead atoms. The third-order valence-corrected chi connectivity index (χ3v) is 5.56. The van der Waals surface area contributed by atoms with Gasteiger partial charge in [0.05, 0.1) is 17.4 Å². The number of rotatable bonds is 3. The van der Waals surface area contributed by atoms with E-state index in [1.54, 1.807) is 24.3 Å². The molecule has 1 heterocycles. The van der Waals surface area contributed by atoms with Crippen LogP contribution >= 0.6 is 15.9 Å². The molecule has 98 valence electrons. The van der Waals surface area contributed by atoms with E-state index in [0.717, 1.165) is 4.47 Å². The summed E-state index contributed by atoms with van der Waals surface area (Å²) in [6, 6.07) is 7.01. The second-order valence-corrected chi connectivity index (χ2v) is 7.67. The van der Waals surface area contributed by atoms with Crippen LogP contribution in [0.1, 0.15) is 17.9 Å². The Kier molecular flexibility index (Phi) is 3.77. The van der Waals surface area contributed by atoms with Gasteiger partial charge in [-0.15, -0.1) is 0 Å². The first-order valence-corrected chi connectivity index (χ1v) is 8.19. The van der Waals surface area contributed by atoms with E-state index >= 15 is 0 Å². The minimum atomic E-state index is -3.06. The van der Waals surface area contributed by atoms with Gasteiger partial charge >= 0.3 is 5.97 Å². The van der Waals surface area contributed by atoms with Crippen molar-refractivity contribution in [3.05, 3.63) is 34.3 Å². The number of hydrogen-bond donors (Lipinski definition) is 1. The molecule has 18 heavy (non-hydrogen) atoms. The van der Waals surface area contributed by atoms with Crippen LogP contribution in [0.5, 0.6) is 0 Å². The summed E-state index contributed by atoms with van der Waals surface area (Å²) in [4.78, 5) is 11.4. The Hall–Kier alpha value is -0.880. The van der Waals surface area contributed by atoms with Crippen molar-refractivity contribution in [2.75, 3.05) is 11.5 Å². The van der Waals surface area contributed by atoms with Gasteiger partial charge in [0.1, 0.15) is 0 Å². The van der Waals surface area contributed by atoms with Crippen molar-refractivity contribution in [3.63, 3.8) is 0 Å². The van der Waals surface area contributed by atoms with Crippen LogP contribution in [0.25, 0.3) is 0 Å². The largest absolute Gasteiger partial charge is 0.481 e. The molecule has 0 aromatic heterocycles. The molecular weight excluding hydrogens is 320 g/mol. The first kappa shape index (κ1) is 13.5. The molecule has 1 N–H and O–H groups in total. The fourth-order valence-corrected chi connectivity index (χ4v) is 4.48. The molecule has 2 rings (SSSR count). The summed E-state index contributed by atoms with van der Waals surface area (Å²) in [5, 5.41) is 9.32. The van der Waals surface area contributed by atoms with E-state index in [0.29, 0.717) is 12.0 Å². The van der Waals surface area contributed by atoms with E-state index < -0.39 is 21.7 Å². The van der Waals surface area contributed by atoms with E-state index in [1.165, 1.54) is 0 Å². The van der Waals surface area contributed by atoms with Gasteiger partial charge in [-0.05, 0) is 30.0 Å². The molecular formula is C12H13BrO4S. The van der Waals surface area contributed by atoms with Crippen molar-refractivity contribution >= 4 is 31.7 Å². The van der Waals surface area contributed by atoms with E-state index in [2.05, 4.69) is 15.9 Å². The summed E-state index contributed by atoms with van der Waals surface area (Å²) in [7, 11) is -3.06. The summed E-state index contributed by atoms with van der Waals surface area (Å²) in [5.74, 6) is -1.96. The lowest BCUT2D eigenvalue weighted by atomic mass is 9.86. The standard InChI is InChI=1S/C12H13BrO4S/c13-10-3-1-8(2-4-10)11(12(14)15)9-5-6-18(16,17)7-9/h1-4,9,11H,5-7H2,(H,14,15). The highest BCUT2D eigenvalue weighted by Gasteiger charge is 2.38. The normalized spacial score (nSPS) is 23.7. The Morgan fingerprint density at radius 3 is 2.39 bits per heavy atom. The molecule has 1 fully saturated rings. The lowest BCUT2D eigenvalue weighted by Crippen LogP contribution is -2.22. The molecule has 0 amide bonds. The molecule has 2 unspecified atom stereocenters. The molecule has 2 atom stereocenters. The van der Waals surface area contributed by atoms with Crippen LogP contribution in [0, 0.1) is 5.92 Å². The Morgan fingerprint density at radius 1 is 1.33 bits per heavy atom. The molecule has 0 aliphatic carbocycles. The Morgan fingerprint density at radius 2 is 1.94 bits per heavy atom. The van der Waals surface area contributed by atoms with Crippen molar-refractivity contribution in [2.45, 2.75) is 12.3 Å². The number of sulfone groups is 1. The van der Waals surface area contributed by atoms with E-state index in [1.807, 2.05) is 0 Å². The number of carboxylic acid groups (broad SMARTS) is 1. The number of halogens is 1. The first-order valence-electron chi connectivity index (χ1n) is 5.58. The van der Waals surface area contributed by atoms with Gasteiger partial charge in [-0.2, -0.15) is 0 Å². The second-order valence-electron chi connectivity index (χ2n) is 4.53. The quantitative estimate of drug-likeness (QED) is 0.919. The van der Waals surface area contributed by atoms with Crippen LogP contribution in [-0.2, 0) is 14.6 Å². The average Bonchev–Trinajstić information content (AvgIpc) is 2.61. The lowest BCUT2D eigenvalue weighted by Gasteiger charge is -2.18. The highest BCUT2D eigenvalue weighted by Crippen LogP contribution is 2.34. The first-order chi connectivity index (χ1) is 8.39. The highest BCUT2D eigenvalue weighted by molar-refractivity contribution is 9.10. The fraction of sp³-hybridized carbons (Fsp3) is 0.417. The predicted octanol–water partition coefficient (Wildman–Crippen LogP) is 2.05. The maximum Gasteiger partial charge on any atom is 0.311 e. The number of hydrogen-bond acceptors (Lipinski definition) is 3. The summed E-state index contributed by atoms with van der Waals surface area (Å²) in [6.07, 6.45) is 0.426. The molecule has 1 aliphatic rings. The third kappa shape index (κ3) is 2.92. The van der Waals surface area contributed by atoms with Crippen LogP contribution < -0.4 is 0 Å².